The van der Waals surface area contributed by atoms with Gasteiger partial charge in [-0.25, -0.2) is 0 Å². The summed E-state index contributed by atoms with van der Waals surface area (Å²) in [5.74, 6) is 0.721. The molecule has 1 unspecified atom stereocenters. The predicted molar refractivity (Wildman–Crippen MR) is 55.6 cm³/mol. The van der Waals surface area contributed by atoms with Crippen LogP contribution in [0.1, 0.15) is 20.8 Å². The van der Waals surface area contributed by atoms with Crippen molar-refractivity contribution in [3.63, 3.8) is 0 Å². The molecule has 0 aliphatic carbocycles. The van der Waals surface area contributed by atoms with Gasteiger partial charge in [0.25, 0.3) is 0 Å². The Balaban J connectivity index is 3.90. The van der Waals surface area contributed by atoms with Crippen molar-refractivity contribution < 1.29 is 0 Å². The number of hydrogen-bond acceptors (Lipinski definition) is 1. The Kier molecular flexibility index (Phi) is 4.33. The molecule has 68 valence electrons. The molecular weight excluding hydrogens is 150 g/mol. The zero-order valence-corrected chi connectivity index (χ0v) is 9.65. The molecule has 2 heteroatoms. The zero-order chi connectivity index (χ0) is 9.07. The van der Waals surface area contributed by atoms with E-state index in [1.54, 1.807) is 0 Å². The average Bonchev–Trinajstić information content (AvgIpc) is 1.86. The van der Waals surface area contributed by atoms with Gasteiger partial charge in [-0.05, 0) is 12.5 Å². The summed E-state index contributed by atoms with van der Waals surface area (Å²) in [4.78, 5) is 0. The van der Waals surface area contributed by atoms with Gasteiger partial charge in [-0.3, -0.25) is 0 Å². The Morgan fingerprint density at radius 1 is 1.18 bits per heavy atom. The second-order valence-electron chi connectivity index (χ2n) is 4.69. The number of rotatable bonds is 4. The number of hydrogen-bond donors (Lipinski definition) is 1. The molecule has 0 aromatic carbocycles. The van der Waals surface area contributed by atoms with Crippen LogP contribution in [-0.4, -0.2) is 14.6 Å². The van der Waals surface area contributed by atoms with Gasteiger partial charge in [-0.2, -0.15) is 0 Å². The molecule has 0 aliphatic rings. The second-order valence-corrected chi connectivity index (χ2v) is 10.2. The van der Waals surface area contributed by atoms with Gasteiger partial charge in [0.15, 0.2) is 0 Å². The largest absolute Gasteiger partial charge is 0.330 e. The molecule has 0 rings (SSSR count). The maximum Gasteiger partial charge on any atom is 0.0502 e. The van der Waals surface area contributed by atoms with Gasteiger partial charge in [0, 0.05) is 0 Å². The highest BCUT2D eigenvalue weighted by atomic mass is 28.3. The molecule has 11 heavy (non-hydrogen) atoms. The Morgan fingerprint density at radius 2 is 1.64 bits per heavy atom. The average molecular weight is 173 g/mol. The quantitative estimate of drug-likeness (QED) is 0.650. The standard InChI is InChI=1S/C9H23NSi/c1-8(2)11(4,5)7-9(3)6-10/h8-9H,6-7,10H2,1-5H3. The fraction of sp³-hybridized carbons (Fsp3) is 1.00. The van der Waals surface area contributed by atoms with E-state index in [9.17, 15) is 0 Å². The van der Waals surface area contributed by atoms with Crippen molar-refractivity contribution in [3.05, 3.63) is 0 Å². The van der Waals surface area contributed by atoms with Crippen LogP contribution in [0.3, 0.4) is 0 Å². The van der Waals surface area contributed by atoms with E-state index in [1.165, 1.54) is 6.04 Å². The third-order valence-electron chi connectivity index (χ3n) is 2.84. The Morgan fingerprint density at radius 3 is 1.91 bits per heavy atom. The van der Waals surface area contributed by atoms with E-state index >= 15 is 0 Å². The van der Waals surface area contributed by atoms with Crippen molar-refractivity contribution in [1.82, 2.24) is 0 Å². The van der Waals surface area contributed by atoms with Gasteiger partial charge in [0.05, 0.1) is 8.07 Å². The van der Waals surface area contributed by atoms with Gasteiger partial charge in [0.1, 0.15) is 0 Å². The van der Waals surface area contributed by atoms with Crippen LogP contribution >= 0.6 is 0 Å². The van der Waals surface area contributed by atoms with Crippen LogP contribution in [0.25, 0.3) is 0 Å². The molecule has 0 amide bonds. The predicted octanol–water partition coefficient (Wildman–Crippen LogP) is 2.70. The van der Waals surface area contributed by atoms with Crippen LogP contribution in [0.2, 0.25) is 24.7 Å². The van der Waals surface area contributed by atoms with E-state index in [0.29, 0.717) is 0 Å². The molecule has 0 aliphatic heterocycles. The maximum absolute atomic E-state index is 5.60. The highest BCUT2D eigenvalue weighted by Gasteiger charge is 2.26. The summed E-state index contributed by atoms with van der Waals surface area (Å²) in [5.41, 5.74) is 6.49. The fourth-order valence-corrected chi connectivity index (χ4v) is 3.65. The third kappa shape index (κ3) is 3.92. The Labute approximate surface area is 72.4 Å². The van der Waals surface area contributed by atoms with Gasteiger partial charge in [-0.1, -0.05) is 45.5 Å². The molecule has 0 aromatic rings. The van der Waals surface area contributed by atoms with Crippen LogP contribution in [0.4, 0.5) is 0 Å². The molecule has 0 saturated heterocycles. The molecule has 0 aromatic heterocycles. The summed E-state index contributed by atoms with van der Waals surface area (Å²) in [6.07, 6.45) is 0. The van der Waals surface area contributed by atoms with Gasteiger partial charge in [0.2, 0.25) is 0 Å². The lowest BCUT2D eigenvalue weighted by Gasteiger charge is -2.29. The monoisotopic (exact) mass is 173 g/mol. The van der Waals surface area contributed by atoms with E-state index in [4.69, 9.17) is 5.73 Å². The first-order chi connectivity index (χ1) is 4.90. The molecular formula is C9H23NSi. The molecule has 1 atom stereocenters. The van der Waals surface area contributed by atoms with Crippen LogP contribution in [0, 0.1) is 5.92 Å². The highest BCUT2D eigenvalue weighted by molar-refractivity contribution is 6.78. The van der Waals surface area contributed by atoms with Crippen molar-refractivity contribution in [2.75, 3.05) is 6.54 Å². The molecule has 0 radical (unpaired) electrons. The van der Waals surface area contributed by atoms with E-state index in [0.717, 1.165) is 18.0 Å². The van der Waals surface area contributed by atoms with Crippen molar-refractivity contribution in [2.45, 2.75) is 45.5 Å². The summed E-state index contributed by atoms with van der Waals surface area (Å²) >= 11 is 0. The fourth-order valence-electron chi connectivity index (χ4n) is 1.22. The first-order valence-corrected chi connectivity index (χ1v) is 7.88. The van der Waals surface area contributed by atoms with Crippen molar-refractivity contribution in [3.8, 4) is 0 Å². The second kappa shape index (κ2) is 4.26. The lowest BCUT2D eigenvalue weighted by atomic mass is 10.2. The number of nitrogens with two attached hydrogens (primary N) is 1. The van der Waals surface area contributed by atoms with E-state index < -0.39 is 8.07 Å². The molecule has 0 heterocycles. The molecule has 0 bridgehead atoms. The van der Waals surface area contributed by atoms with Gasteiger partial charge >= 0.3 is 0 Å². The lowest BCUT2D eigenvalue weighted by Crippen LogP contribution is -2.33. The normalized spacial score (nSPS) is 15.5. The van der Waals surface area contributed by atoms with Crippen LogP contribution in [0.15, 0.2) is 0 Å². The van der Waals surface area contributed by atoms with E-state index in [1.807, 2.05) is 0 Å². The van der Waals surface area contributed by atoms with E-state index in [-0.39, 0.29) is 0 Å². The molecule has 0 spiro atoms. The molecule has 2 N–H and O–H groups in total. The van der Waals surface area contributed by atoms with Crippen LogP contribution in [0.5, 0.6) is 0 Å². The lowest BCUT2D eigenvalue weighted by molar-refractivity contribution is 0.646. The molecule has 1 nitrogen and oxygen atoms in total. The first kappa shape index (κ1) is 11.2. The molecule has 0 fully saturated rings. The van der Waals surface area contributed by atoms with E-state index in [2.05, 4.69) is 33.9 Å². The van der Waals surface area contributed by atoms with Crippen molar-refractivity contribution in [2.24, 2.45) is 11.7 Å². The summed E-state index contributed by atoms with van der Waals surface area (Å²) < 4.78 is 0. The summed E-state index contributed by atoms with van der Waals surface area (Å²) in [7, 11) is -0.945. The topological polar surface area (TPSA) is 26.0 Å². The molecule has 0 saturated carbocycles. The SMILES string of the molecule is CC(CN)C[Si](C)(C)C(C)C. The highest BCUT2D eigenvalue weighted by Crippen LogP contribution is 2.27. The first-order valence-electron chi connectivity index (χ1n) is 4.60. The van der Waals surface area contributed by atoms with Gasteiger partial charge in [-0.15, -0.1) is 0 Å². The third-order valence-corrected chi connectivity index (χ3v) is 7.71. The Hall–Kier alpha value is 0.177. The summed E-state index contributed by atoms with van der Waals surface area (Å²) in [5, 5.41) is 0. The minimum atomic E-state index is -0.945. The smallest absolute Gasteiger partial charge is 0.0502 e. The van der Waals surface area contributed by atoms with Gasteiger partial charge < -0.3 is 5.73 Å². The Bertz CT molecular complexity index is 110. The van der Waals surface area contributed by atoms with Crippen molar-refractivity contribution >= 4 is 8.07 Å². The van der Waals surface area contributed by atoms with Crippen LogP contribution in [-0.2, 0) is 0 Å². The minimum Gasteiger partial charge on any atom is -0.330 e. The van der Waals surface area contributed by atoms with Crippen molar-refractivity contribution in [1.29, 1.82) is 0 Å². The summed E-state index contributed by atoms with van der Waals surface area (Å²) in [6.45, 7) is 12.7. The zero-order valence-electron chi connectivity index (χ0n) is 8.65. The van der Waals surface area contributed by atoms with Crippen LogP contribution < -0.4 is 5.73 Å². The summed E-state index contributed by atoms with van der Waals surface area (Å²) in [6, 6.07) is 1.38. The minimum absolute atomic E-state index is 0.721. The maximum atomic E-state index is 5.60.